The smallest absolute Gasteiger partial charge is 0.219 e. The molecule has 1 amide bonds. The first-order chi connectivity index (χ1) is 11.2. The van der Waals surface area contributed by atoms with E-state index in [1.807, 2.05) is 17.0 Å². The number of hydrogen-bond acceptors (Lipinski definition) is 4. The summed E-state index contributed by atoms with van der Waals surface area (Å²) < 4.78 is 5.50. The lowest BCUT2D eigenvalue weighted by Crippen LogP contribution is -2.43. The summed E-state index contributed by atoms with van der Waals surface area (Å²) in [6.07, 6.45) is 2.40. The lowest BCUT2D eigenvalue weighted by molar-refractivity contribution is -0.129. The number of aliphatic hydroxyl groups is 1. The number of hydrogen-bond donors (Lipinski definition) is 1. The van der Waals surface area contributed by atoms with E-state index in [9.17, 15) is 4.79 Å². The SMILES string of the molecule is CC(=O)N1C[C@@H]2CC[C@H](C1)N(Cc1cccc(OCCO)c1)C2. The Hall–Kier alpha value is -1.59. The Kier molecular flexibility index (Phi) is 5.18. The fourth-order valence-corrected chi connectivity index (χ4v) is 3.76. The van der Waals surface area contributed by atoms with Crippen molar-refractivity contribution >= 4 is 5.91 Å². The fraction of sp³-hybridized carbons (Fsp3) is 0.611. The van der Waals surface area contributed by atoms with Gasteiger partial charge < -0.3 is 14.7 Å². The molecule has 3 fully saturated rings. The molecule has 3 saturated heterocycles. The van der Waals surface area contributed by atoms with Crippen LogP contribution in [-0.4, -0.2) is 59.7 Å². The highest BCUT2D eigenvalue weighted by Gasteiger charge is 2.35. The van der Waals surface area contributed by atoms with Crippen molar-refractivity contribution in [2.45, 2.75) is 32.4 Å². The van der Waals surface area contributed by atoms with Gasteiger partial charge in [0.05, 0.1) is 6.61 Å². The molecule has 2 bridgehead atoms. The van der Waals surface area contributed by atoms with E-state index in [0.717, 1.165) is 31.9 Å². The predicted molar refractivity (Wildman–Crippen MR) is 88.2 cm³/mol. The highest BCUT2D eigenvalue weighted by molar-refractivity contribution is 5.73. The van der Waals surface area contributed by atoms with Crippen LogP contribution in [0, 0.1) is 5.92 Å². The maximum absolute atomic E-state index is 11.8. The third kappa shape index (κ3) is 4.03. The molecule has 5 nitrogen and oxygen atoms in total. The Labute approximate surface area is 137 Å². The van der Waals surface area contributed by atoms with Crippen molar-refractivity contribution in [2.75, 3.05) is 32.8 Å². The maximum Gasteiger partial charge on any atom is 0.219 e. The molecular weight excluding hydrogens is 292 g/mol. The predicted octanol–water partition coefficient (Wildman–Crippen LogP) is 1.50. The monoisotopic (exact) mass is 318 g/mol. The zero-order chi connectivity index (χ0) is 16.2. The van der Waals surface area contributed by atoms with Crippen molar-refractivity contribution < 1.29 is 14.6 Å². The molecule has 1 N–H and O–H groups in total. The van der Waals surface area contributed by atoms with Gasteiger partial charge in [0.15, 0.2) is 0 Å². The number of fused-ring (bicyclic) bond motifs is 4. The molecule has 5 heteroatoms. The Morgan fingerprint density at radius 3 is 2.96 bits per heavy atom. The van der Waals surface area contributed by atoms with E-state index in [-0.39, 0.29) is 12.5 Å². The fourth-order valence-electron chi connectivity index (χ4n) is 3.76. The molecule has 0 radical (unpaired) electrons. The molecule has 0 aliphatic carbocycles. The van der Waals surface area contributed by atoms with Crippen molar-refractivity contribution in [3.8, 4) is 5.75 Å². The topological polar surface area (TPSA) is 53.0 Å². The molecule has 0 unspecified atom stereocenters. The summed E-state index contributed by atoms with van der Waals surface area (Å²) in [5, 5.41) is 8.86. The van der Waals surface area contributed by atoms with Gasteiger partial charge in [-0.3, -0.25) is 9.69 Å². The molecule has 3 heterocycles. The Balaban J connectivity index is 1.67. The Morgan fingerprint density at radius 1 is 1.30 bits per heavy atom. The third-order valence-electron chi connectivity index (χ3n) is 4.92. The molecular formula is C18H26N2O3. The average molecular weight is 318 g/mol. The standard InChI is InChI=1S/C18H26N2O3/c1-14(22)19-11-16-5-6-17(13-19)20(12-16)10-15-3-2-4-18(9-15)23-8-7-21/h2-4,9,16-17,21H,5-8,10-13H2,1H3/t16-,17+/m0/s1. The van der Waals surface area contributed by atoms with Crippen LogP contribution in [0.1, 0.15) is 25.3 Å². The number of amides is 1. The van der Waals surface area contributed by atoms with Crippen molar-refractivity contribution in [1.82, 2.24) is 9.80 Å². The average Bonchev–Trinajstić information content (AvgIpc) is 2.85. The van der Waals surface area contributed by atoms with Gasteiger partial charge in [0.1, 0.15) is 12.4 Å². The van der Waals surface area contributed by atoms with Crippen LogP contribution in [-0.2, 0) is 11.3 Å². The van der Waals surface area contributed by atoms with E-state index < -0.39 is 0 Å². The third-order valence-corrected chi connectivity index (χ3v) is 4.92. The van der Waals surface area contributed by atoms with Crippen molar-refractivity contribution in [3.63, 3.8) is 0 Å². The molecule has 0 spiro atoms. The van der Waals surface area contributed by atoms with Crippen LogP contribution in [0.2, 0.25) is 0 Å². The van der Waals surface area contributed by atoms with E-state index in [4.69, 9.17) is 9.84 Å². The normalized spacial score (nSPS) is 24.5. The minimum Gasteiger partial charge on any atom is -0.491 e. The van der Waals surface area contributed by atoms with E-state index in [1.54, 1.807) is 6.92 Å². The molecule has 2 atom stereocenters. The zero-order valence-corrected chi connectivity index (χ0v) is 13.8. The van der Waals surface area contributed by atoms with E-state index in [0.29, 0.717) is 18.6 Å². The summed E-state index contributed by atoms with van der Waals surface area (Å²) in [4.78, 5) is 16.3. The van der Waals surface area contributed by atoms with Crippen LogP contribution >= 0.6 is 0 Å². The molecule has 126 valence electrons. The minimum absolute atomic E-state index is 0.0288. The van der Waals surface area contributed by atoms with Crippen molar-refractivity contribution in [2.24, 2.45) is 5.92 Å². The largest absolute Gasteiger partial charge is 0.491 e. The number of piperidine rings is 1. The summed E-state index contributed by atoms with van der Waals surface area (Å²) in [5.74, 6) is 1.59. The van der Waals surface area contributed by atoms with Gasteiger partial charge in [0.25, 0.3) is 0 Å². The number of benzene rings is 1. The second-order valence-electron chi connectivity index (χ2n) is 6.67. The zero-order valence-electron chi connectivity index (χ0n) is 13.8. The van der Waals surface area contributed by atoms with Gasteiger partial charge in [0, 0.05) is 39.1 Å². The molecule has 3 aliphatic rings. The van der Waals surface area contributed by atoms with Gasteiger partial charge in [-0.2, -0.15) is 0 Å². The summed E-state index contributed by atoms with van der Waals surface area (Å²) in [7, 11) is 0. The van der Waals surface area contributed by atoms with Gasteiger partial charge in [-0.05, 0) is 36.5 Å². The molecule has 3 aliphatic heterocycles. The second kappa shape index (κ2) is 7.32. The summed E-state index contributed by atoms with van der Waals surface area (Å²) in [6.45, 7) is 5.75. The van der Waals surface area contributed by atoms with Gasteiger partial charge in [-0.15, -0.1) is 0 Å². The Morgan fingerprint density at radius 2 is 2.17 bits per heavy atom. The number of rotatable bonds is 5. The van der Waals surface area contributed by atoms with E-state index in [1.165, 1.54) is 18.4 Å². The van der Waals surface area contributed by atoms with Gasteiger partial charge >= 0.3 is 0 Å². The molecule has 1 aromatic rings. The van der Waals surface area contributed by atoms with Crippen LogP contribution in [0.4, 0.5) is 0 Å². The first kappa shape index (κ1) is 16.3. The quantitative estimate of drug-likeness (QED) is 0.894. The Bertz CT molecular complexity index is 549. The lowest BCUT2D eigenvalue weighted by atomic mass is 9.94. The van der Waals surface area contributed by atoms with E-state index >= 15 is 0 Å². The summed E-state index contributed by atoms with van der Waals surface area (Å²) in [6, 6.07) is 8.55. The summed E-state index contributed by atoms with van der Waals surface area (Å²) >= 11 is 0. The maximum atomic E-state index is 11.8. The van der Waals surface area contributed by atoms with E-state index in [2.05, 4.69) is 17.0 Å². The second-order valence-corrected chi connectivity index (χ2v) is 6.67. The first-order valence-corrected chi connectivity index (χ1v) is 8.48. The molecule has 0 aromatic heterocycles. The van der Waals surface area contributed by atoms with Crippen molar-refractivity contribution in [1.29, 1.82) is 0 Å². The highest BCUT2D eigenvalue weighted by Crippen LogP contribution is 2.29. The minimum atomic E-state index is 0.0288. The summed E-state index contributed by atoms with van der Waals surface area (Å²) in [5.41, 5.74) is 1.22. The van der Waals surface area contributed by atoms with Crippen LogP contribution < -0.4 is 4.74 Å². The number of ether oxygens (including phenoxy) is 1. The number of aliphatic hydroxyl groups excluding tert-OH is 1. The molecule has 23 heavy (non-hydrogen) atoms. The van der Waals surface area contributed by atoms with Crippen LogP contribution in [0.3, 0.4) is 0 Å². The highest BCUT2D eigenvalue weighted by atomic mass is 16.5. The van der Waals surface area contributed by atoms with Crippen LogP contribution in [0.15, 0.2) is 24.3 Å². The number of carbonyl (C=O) groups is 1. The number of carbonyl (C=O) groups excluding carboxylic acids is 1. The molecule has 0 saturated carbocycles. The lowest BCUT2D eigenvalue weighted by Gasteiger charge is -2.36. The van der Waals surface area contributed by atoms with Crippen LogP contribution in [0.25, 0.3) is 0 Å². The molecule has 4 rings (SSSR count). The van der Waals surface area contributed by atoms with Gasteiger partial charge in [-0.1, -0.05) is 12.1 Å². The van der Waals surface area contributed by atoms with Crippen LogP contribution in [0.5, 0.6) is 5.75 Å². The van der Waals surface area contributed by atoms with Gasteiger partial charge in [-0.25, -0.2) is 0 Å². The van der Waals surface area contributed by atoms with Crippen molar-refractivity contribution in [3.05, 3.63) is 29.8 Å². The number of nitrogens with zero attached hydrogens (tertiary/aromatic N) is 2. The first-order valence-electron chi connectivity index (χ1n) is 8.48. The van der Waals surface area contributed by atoms with Gasteiger partial charge in [0.2, 0.25) is 5.91 Å². The molecule has 1 aromatic carbocycles.